The fourth-order valence-electron chi connectivity index (χ4n) is 3.77. The van der Waals surface area contributed by atoms with Gasteiger partial charge in [0.1, 0.15) is 0 Å². The van der Waals surface area contributed by atoms with Crippen molar-refractivity contribution in [3.63, 3.8) is 0 Å². The second-order valence-electron chi connectivity index (χ2n) is 6.46. The molecule has 1 aromatic carbocycles. The summed E-state index contributed by atoms with van der Waals surface area (Å²) in [5.41, 5.74) is 1.87. The predicted molar refractivity (Wildman–Crippen MR) is 92.9 cm³/mol. The van der Waals surface area contributed by atoms with Crippen LogP contribution in [0.2, 0.25) is 0 Å². The monoisotopic (exact) mass is 384 g/mol. The molecule has 1 aliphatic carbocycles. The van der Waals surface area contributed by atoms with Crippen molar-refractivity contribution in [1.29, 1.82) is 0 Å². The molecule has 1 saturated carbocycles. The maximum absolute atomic E-state index is 3.88. The lowest BCUT2D eigenvalue weighted by molar-refractivity contribution is 0.159. The van der Waals surface area contributed by atoms with Crippen LogP contribution < -0.4 is 5.32 Å². The van der Waals surface area contributed by atoms with Crippen molar-refractivity contribution >= 4 is 22.6 Å². The molecule has 2 nitrogen and oxygen atoms in total. The largest absolute Gasteiger partial charge is 0.310 e. The van der Waals surface area contributed by atoms with Crippen LogP contribution in [0.3, 0.4) is 0 Å². The van der Waals surface area contributed by atoms with Crippen molar-refractivity contribution in [3.8, 4) is 0 Å². The molecule has 1 aromatic rings. The highest BCUT2D eigenvalue weighted by atomic mass is 127. The van der Waals surface area contributed by atoms with E-state index in [1.54, 1.807) is 0 Å². The number of rotatable bonds is 2. The van der Waals surface area contributed by atoms with Crippen LogP contribution in [0, 0.1) is 3.57 Å². The summed E-state index contributed by atoms with van der Waals surface area (Å²) >= 11 is 2.38. The van der Waals surface area contributed by atoms with E-state index in [2.05, 4.69) is 57.1 Å². The van der Waals surface area contributed by atoms with Crippen molar-refractivity contribution in [2.24, 2.45) is 0 Å². The van der Waals surface area contributed by atoms with E-state index in [4.69, 9.17) is 0 Å². The summed E-state index contributed by atoms with van der Waals surface area (Å²) in [6, 6.07) is 9.02. The van der Waals surface area contributed by atoms with Crippen LogP contribution in [0.5, 0.6) is 0 Å². The SMILES string of the molecule is Ic1ccc(CN2CCCNC3(CCCCC3)C2)cc1. The number of benzene rings is 1. The molecule has 3 heteroatoms. The van der Waals surface area contributed by atoms with E-state index in [-0.39, 0.29) is 0 Å². The van der Waals surface area contributed by atoms with Crippen LogP contribution in [0.4, 0.5) is 0 Å². The van der Waals surface area contributed by atoms with E-state index in [1.807, 2.05) is 0 Å². The van der Waals surface area contributed by atoms with Crippen molar-refractivity contribution in [2.45, 2.75) is 50.6 Å². The highest BCUT2D eigenvalue weighted by Gasteiger charge is 2.34. The third-order valence-corrected chi connectivity index (χ3v) is 5.53. The van der Waals surface area contributed by atoms with Crippen LogP contribution in [-0.4, -0.2) is 30.1 Å². The van der Waals surface area contributed by atoms with E-state index in [0.29, 0.717) is 5.54 Å². The third kappa shape index (κ3) is 3.74. The average molecular weight is 384 g/mol. The highest BCUT2D eigenvalue weighted by Crippen LogP contribution is 2.30. The summed E-state index contributed by atoms with van der Waals surface area (Å²) in [6.07, 6.45) is 8.27. The van der Waals surface area contributed by atoms with E-state index in [0.717, 1.165) is 6.54 Å². The van der Waals surface area contributed by atoms with Gasteiger partial charge in [-0.15, -0.1) is 0 Å². The zero-order valence-electron chi connectivity index (χ0n) is 12.2. The van der Waals surface area contributed by atoms with Gasteiger partial charge in [0.25, 0.3) is 0 Å². The average Bonchev–Trinajstić information content (AvgIpc) is 2.65. The number of hydrogen-bond donors (Lipinski definition) is 1. The van der Waals surface area contributed by atoms with E-state index in [1.165, 1.54) is 67.3 Å². The normalized spacial score (nSPS) is 23.6. The van der Waals surface area contributed by atoms with Gasteiger partial charge in [-0.2, -0.15) is 0 Å². The fourth-order valence-corrected chi connectivity index (χ4v) is 4.13. The molecule has 2 fully saturated rings. The molecule has 1 saturated heterocycles. The number of halogens is 1. The van der Waals surface area contributed by atoms with Crippen molar-refractivity contribution in [2.75, 3.05) is 19.6 Å². The van der Waals surface area contributed by atoms with Crippen LogP contribution in [0.1, 0.15) is 44.1 Å². The van der Waals surface area contributed by atoms with Gasteiger partial charge in [0.2, 0.25) is 0 Å². The molecule has 2 aliphatic rings. The Morgan fingerprint density at radius 1 is 1.05 bits per heavy atom. The lowest BCUT2D eigenvalue weighted by atomic mass is 9.81. The van der Waals surface area contributed by atoms with Gasteiger partial charge < -0.3 is 5.32 Å². The second-order valence-corrected chi connectivity index (χ2v) is 7.70. The highest BCUT2D eigenvalue weighted by molar-refractivity contribution is 14.1. The minimum absolute atomic E-state index is 0.415. The first kappa shape index (κ1) is 14.8. The van der Waals surface area contributed by atoms with Crippen LogP contribution in [0.15, 0.2) is 24.3 Å². The Kier molecular flexibility index (Phi) is 5.00. The first-order valence-corrected chi connectivity index (χ1v) is 9.06. The molecule has 0 bridgehead atoms. The van der Waals surface area contributed by atoms with E-state index in [9.17, 15) is 0 Å². The molecule has 0 atom stereocenters. The molecule has 0 radical (unpaired) electrons. The molecule has 0 aromatic heterocycles. The minimum atomic E-state index is 0.415. The molecule has 1 N–H and O–H groups in total. The first-order valence-electron chi connectivity index (χ1n) is 7.98. The first-order chi connectivity index (χ1) is 9.76. The van der Waals surface area contributed by atoms with Crippen molar-refractivity contribution < 1.29 is 0 Å². The standard InChI is InChI=1S/C17H25IN2/c18-16-7-5-15(6-8-16)13-20-12-4-11-19-17(14-20)9-2-1-3-10-17/h5-8,19H,1-4,9-14H2. The molecular weight excluding hydrogens is 359 g/mol. The number of nitrogens with one attached hydrogen (secondary N) is 1. The smallest absolute Gasteiger partial charge is 0.0308 e. The maximum Gasteiger partial charge on any atom is 0.0308 e. The van der Waals surface area contributed by atoms with Crippen LogP contribution in [-0.2, 0) is 6.54 Å². The molecule has 0 amide bonds. The summed E-state index contributed by atoms with van der Waals surface area (Å²) in [5, 5.41) is 3.88. The van der Waals surface area contributed by atoms with Gasteiger partial charge in [-0.25, -0.2) is 0 Å². The van der Waals surface area contributed by atoms with Gasteiger partial charge in [0.15, 0.2) is 0 Å². The number of hydrogen-bond acceptors (Lipinski definition) is 2. The summed E-state index contributed by atoms with van der Waals surface area (Å²) in [5.74, 6) is 0. The zero-order chi connectivity index (χ0) is 13.8. The fraction of sp³-hybridized carbons (Fsp3) is 0.647. The Morgan fingerprint density at radius 2 is 1.80 bits per heavy atom. The zero-order valence-corrected chi connectivity index (χ0v) is 14.4. The minimum Gasteiger partial charge on any atom is -0.310 e. The number of nitrogens with zero attached hydrogens (tertiary/aromatic N) is 1. The van der Waals surface area contributed by atoms with Gasteiger partial charge in [0.05, 0.1) is 0 Å². The summed E-state index contributed by atoms with van der Waals surface area (Å²) < 4.78 is 1.33. The van der Waals surface area contributed by atoms with Crippen LogP contribution >= 0.6 is 22.6 Å². The van der Waals surface area contributed by atoms with E-state index >= 15 is 0 Å². The quantitative estimate of drug-likeness (QED) is 0.781. The van der Waals surface area contributed by atoms with Crippen molar-refractivity contribution in [3.05, 3.63) is 33.4 Å². The predicted octanol–water partition coefficient (Wildman–Crippen LogP) is 3.79. The topological polar surface area (TPSA) is 15.3 Å². The molecule has 20 heavy (non-hydrogen) atoms. The second kappa shape index (κ2) is 6.75. The molecular formula is C17H25IN2. The molecule has 0 unspecified atom stereocenters. The van der Waals surface area contributed by atoms with Crippen molar-refractivity contribution in [1.82, 2.24) is 10.2 Å². The van der Waals surface area contributed by atoms with Crippen LogP contribution in [0.25, 0.3) is 0 Å². The summed E-state index contributed by atoms with van der Waals surface area (Å²) in [6.45, 7) is 4.78. The molecule has 1 heterocycles. The lowest BCUT2D eigenvalue weighted by Crippen LogP contribution is -2.52. The maximum atomic E-state index is 3.88. The van der Waals surface area contributed by atoms with Gasteiger partial charge in [-0.3, -0.25) is 4.90 Å². The Hall–Kier alpha value is -0.130. The molecule has 1 spiro atoms. The lowest BCUT2D eigenvalue weighted by Gasteiger charge is -2.40. The molecule has 3 rings (SSSR count). The Balaban J connectivity index is 1.67. The molecule has 1 aliphatic heterocycles. The van der Waals surface area contributed by atoms with Gasteiger partial charge in [-0.05, 0) is 72.6 Å². The summed E-state index contributed by atoms with van der Waals surface area (Å²) in [7, 11) is 0. The Bertz CT molecular complexity index is 423. The van der Waals surface area contributed by atoms with Gasteiger partial charge in [0, 0.05) is 22.2 Å². The third-order valence-electron chi connectivity index (χ3n) is 4.81. The Morgan fingerprint density at radius 3 is 2.55 bits per heavy atom. The Labute approximate surface area is 136 Å². The van der Waals surface area contributed by atoms with Gasteiger partial charge >= 0.3 is 0 Å². The van der Waals surface area contributed by atoms with E-state index < -0.39 is 0 Å². The summed E-state index contributed by atoms with van der Waals surface area (Å²) in [4.78, 5) is 2.67. The van der Waals surface area contributed by atoms with Gasteiger partial charge in [-0.1, -0.05) is 31.4 Å². The molecule has 110 valence electrons.